The first-order chi connectivity index (χ1) is 12.0. The van der Waals surface area contributed by atoms with Gasteiger partial charge in [-0.05, 0) is 42.5 Å². The van der Waals surface area contributed by atoms with Gasteiger partial charge in [0.2, 0.25) is 0 Å². The van der Waals surface area contributed by atoms with E-state index in [-0.39, 0.29) is 29.1 Å². The Morgan fingerprint density at radius 1 is 1.28 bits per heavy atom. The molecule has 1 aliphatic heterocycles. The zero-order chi connectivity index (χ0) is 17.7. The van der Waals surface area contributed by atoms with E-state index in [0.717, 1.165) is 29.7 Å². The summed E-state index contributed by atoms with van der Waals surface area (Å²) in [7, 11) is 1.42. The Kier molecular flexibility index (Phi) is 3.78. The number of halogens is 2. The number of ketones is 1. The zero-order valence-electron chi connectivity index (χ0n) is 14.1. The second-order valence-electron chi connectivity index (χ2n) is 6.74. The minimum absolute atomic E-state index is 0.0261. The second-order valence-corrected chi connectivity index (χ2v) is 6.74. The van der Waals surface area contributed by atoms with Gasteiger partial charge in [0.15, 0.2) is 17.3 Å². The normalized spacial score (nSPS) is 18.7. The van der Waals surface area contributed by atoms with Crippen molar-refractivity contribution < 1.29 is 23.0 Å². The van der Waals surface area contributed by atoms with Crippen LogP contribution in [0.2, 0.25) is 0 Å². The van der Waals surface area contributed by atoms with Crippen molar-refractivity contribution in [1.29, 1.82) is 0 Å². The summed E-state index contributed by atoms with van der Waals surface area (Å²) in [5, 5.41) is 0. The number of methoxy groups -OCH3 is 1. The summed E-state index contributed by atoms with van der Waals surface area (Å²) in [6.45, 7) is -0.189. The van der Waals surface area contributed by atoms with E-state index in [4.69, 9.17) is 4.74 Å². The predicted molar refractivity (Wildman–Crippen MR) is 88.5 cm³/mol. The fraction of sp³-hybridized carbons (Fsp3) is 0.421. The fourth-order valence-corrected chi connectivity index (χ4v) is 3.62. The largest absolute Gasteiger partial charge is 0.493 e. The third-order valence-electron chi connectivity index (χ3n) is 4.99. The highest BCUT2D eigenvalue weighted by Crippen LogP contribution is 2.45. The van der Waals surface area contributed by atoms with E-state index in [1.165, 1.54) is 7.11 Å². The molecule has 1 aromatic carbocycles. The third kappa shape index (κ3) is 2.69. The van der Waals surface area contributed by atoms with Crippen molar-refractivity contribution >= 4 is 5.78 Å². The van der Waals surface area contributed by atoms with Gasteiger partial charge in [0.25, 0.3) is 0 Å². The van der Waals surface area contributed by atoms with Crippen LogP contribution in [0.3, 0.4) is 0 Å². The molecule has 1 unspecified atom stereocenters. The minimum Gasteiger partial charge on any atom is -0.493 e. The Labute approximate surface area is 144 Å². The van der Waals surface area contributed by atoms with Crippen molar-refractivity contribution in [2.24, 2.45) is 5.92 Å². The molecule has 132 valence electrons. The van der Waals surface area contributed by atoms with Crippen LogP contribution < -0.4 is 9.47 Å². The average molecular weight is 347 g/mol. The van der Waals surface area contributed by atoms with E-state index in [2.05, 4.69) is 9.30 Å². The molecular formula is C19H19F2NO3. The molecule has 2 aromatic rings. The topological polar surface area (TPSA) is 40.5 Å². The maximum Gasteiger partial charge on any atom is 0.387 e. The molecule has 0 saturated heterocycles. The Balaban J connectivity index is 1.87. The number of benzene rings is 1. The number of nitrogens with zero attached hydrogens (tertiary/aromatic N) is 1. The number of ether oxygens (including phenoxy) is 2. The molecule has 4 rings (SSSR count). The van der Waals surface area contributed by atoms with Crippen molar-refractivity contribution in [3.05, 3.63) is 35.5 Å². The second kappa shape index (κ2) is 5.86. The van der Waals surface area contributed by atoms with Crippen molar-refractivity contribution in [2.75, 3.05) is 7.11 Å². The van der Waals surface area contributed by atoms with Gasteiger partial charge in [0.05, 0.1) is 12.8 Å². The lowest BCUT2D eigenvalue weighted by atomic mass is 9.88. The number of alkyl halides is 2. The summed E-state index contributed by atoms with van der Waals surface area (Å²) in [5.74, 6) is 0.674. The molecule has 4 nitrogen and oxygen atoms in total. The maximum atomic E-state index is 12.7. The summed E-state index contributed by atoms with van der Waals surface area (Å²) in [6.07, 6.45) is 3.81. The molecule has 0 bridgehead atoms. The molecule has 1 atom stereocenters. The standard InChI is InChI=1S/C19H19F2NO3/c1-10-9-22-6-5-12(18(23)11-3-4-11)17(22)14-8-15(24-2)16(7-13(10)14)25-19(20)21/h5-8,10-11,19H,3-4,9H2,1-2H3. The number of carbonyl (C=O) groups is 1. The molecule has 1 saturated carbocycles. The van der Waals surface area contributed by atoms with Crippen LogP contribution in [0.4, 0.5) is 8.78 Å². The van der Waals surface area contributed by atoms with Gasteiger partial charge in [-0.2, -0.15) is 8.78 Å². The van der Waals surface area contributed by atoms with Gasteiger partial charge in [-0.3, -0.25) is 4.79 Å². The SMILES string of the molecule is COc1cc2c(cc1OC(F)F)C(C)Cn1ccc(C(=O)C3CC3)c1-2. The number of rotatable bonds is 5. The van der Waals surface area contributed by atoms with Crippen LogP contribution >= 0.6 is 0 Å². The molecule has 0 radical (unpaired) electrons. The highest BCUT2D eigenvalue weighted by molar-refractivity contribution is 6.05. The minimum atomic E-state index is -2.92. The first-order valence-electron chi connectivity index (χ1n) is 8.40. The molecule has 0 amide bonds. The van der Waals surface area contributed by atoms with E-state index in [1.807, 2.05) is 19.2 Å². The molecule has 1 aliphatic carbocycles. The highest BCUT2D eigenvalue weighted by atomic mass is 19.3. The van der Waals surface area contributed by atoms with E-state index >= 15 is 0 Å². The number of aromatic nitrogens is 1. The first kappa shape index (κ1) is 16.1. The molecular weight excluding hydrogens is 328 g/mol. The van der Waals surface area contributed by atoms with Crippen molar-refractivity contribution in [1.82, 2.24) is 4.57 Å². The number of Topliss-reactive ketones (excluding diaryl/α,β-unsaturated/α-hetero) is 1. The predicted octanol–water partition coefficient (Wildman–Crippen LogP) is 4.47. The Bertz CT molecular complexity index is 839. The van der Waals surface area contributed by atoms with Crippen molar-refractivity contribution in [3.8, 4) is 22.8 Å². The molecule has 0 spiro atoms. The van der Waals surface area contributed by atoms with Gasteiger partial charge in [-0.1, -0.05) is 6.92 Å². The van der Waals surface area contributed by atoms with Gasteiger partial charge in [-0.25, -0.2) is 0 Å². The van der Waals surface area contributed by atoms with E-state index in [1.54, 1.807) is 12.1 Å². The lowest BCUT2D eigenvalue weighted by Crippen LogP contribution is -2.17. The van der Waals surface area contributed by atoms with Crippen LogP contribution in [0, 0.1) is 5.92 Å². The lowest BCUT2D eigenvalue weighted by molar-refractivity contribution is -0.0512. The molecule has 1 aromatic heterocycles. The van der Waals surface area contributed by atoms with E-state index in [0.29, 0.717) is 12.1 Å². The summed E-state index contributed by atoms with van der Waals surface area (Å²) in [6, 6.07) is 5.19. The molecule has 0 N–H and O–H groups in total. The molecule has 1 fully saturated rings. The van der Waals surface area contributed by atoms with Crippen molar-refractivity contribution in [3.63, 3.8) is 0 Å². The summed E-state index contributed by atoms with van der Waals surface area (Å²) < 4.78 is 37.3. The first-order valence-corrected chi connectivity index (χ1v) is 8.40. The summed E-state index contributed by atoms with van der Waals surface area (Å²) in [5.41, 5.74) is 3.31. The van der Waals surface area contributed by atoms with Gasteiger partial charge in [-0.15, -0.1) is 0 Å². The Morgan fingerprint density at radius 2 is 2.04 bits per heavy atom. The highest BCUT2D eigenvalue weighted by Gasteiger charge is 2.35. The number of hydrogen-bond donors (Lipinski definition) is 0. The number of hydrogen-bond acceptors (Lipinski definition) is 3. The van der Waals surface area contributed by atoms with Crippen LogP contribution in [0.25, 0.3) is 11.3 Å². The molecule has 2 heterocycles. The number of fused-ring (bicyclic) bond motifs is 3. The van der Waals surface area contributed by atoms with Gasteiger partial charge >= 0.3 is 6.61 Å². The maximum absolute atomic E-state index is 12.7. The number of carbonyl (C=O) groups excluding carboxylic acids is 1. The smallest absolute Gasteiger partial charge is 0.387 e. The van der Waals surface area contributed by atoms with E-state index in [9.17, 15) is 13.6 Å². The zero-order valence-corrected chi connectivity index (χ0v) is 14.1. The van der Waals surface area contributed by atoms with Crippen LogP contribution in [-0.4, -0.2) is 24.1 Å². The average Bonchev–Trinajstić information content (AvgIpc) is 3.34. The van der Waals surface area contributed by atoms with Crippen molar-refractivity contribution in [2.45, 2.75) is 38.8 Å². The molecule has 25 heavy (non-hydrogen) atoms. The van der Waals surface area contributed by atoms with Crippen LogP contribution in [0.1, 0.15) is 41.6 Å². The van der Waals surface area contributed by atoms with Crippen LogP contribution in [0.15, 0.2) is 24.4 Å². The third-order valence-corrected chi connectivity index (χ3v) is 4.99. The van der Waals surface area contributed by atoms with Gasteiger partial charge in [0.1, 0.15) is 0 Å². The molecule has 2 aliphatic rings. The van der Waals surface area contributed by atoms with Crippen LogP contribution in [-0.2, 0) is 6.54 Å². The monoisotopic (exact) mass is 347 g/mol. The quantitative estimate of drug-likeness (QED) is 0.749. The van der Waals surface area contributed by atoms with Gasteiger partial charge in [0, 0.05) is 29.8 Å². The van der Waals surface area contributed by atoms with Crippen LogP contribution in [0.5, 0.6) is 11.5 Å². The summed E-state index contributed by atoms with van der Waals surface area (Å²) >= 11 is 0. The van der Waals surface area contributed by atoms with E-state index < -0.39 is 6.61 Å². The van der Waals surface area contributed by atoms with Gasteiger partial charge < -0.3 is 14.0 Å². The Morgan fingerprint density at radius 3 is 2.68 bits per heavy atom. The lowest BCUT2D eigenvalue weighted by Gasteiger charge is -2.27. The Hall–Kier alpha value is -2.37. The molecule has 6 heteroatoms. The summed E-state index contributed by atoms with van der Waals surface area (Å²) in [4.78, 5) is 12.6. The fourth-order valence-electron chi connectivity index (χ4n) is 3.62.